The van der Waals surface area contributed by atoms with E-state index in [2.05, 4.69) is 69.1 Å². The fourth-order valence-corrected chi connectivity index (χ4v) is 8.61. The van der Waals surface area contributed by atoms with Gasteiger partial charge in [-0.1, -0.05) is 84.9 Å². The number of likely N-dealkylation sites (tertiary alicyclic amines) is 2. The summed E-state index contributed by atoms with van der Waals surface area (Å²) >= 11 is 13.0. The number of piperazine rings is 1. The van der Waals surface area contributed by atoms with Gasteiger partial charge in [-0.05, 0) is 67.5 Å². The van der Waals surface area contributed by atoms with E-state index in [4.69, 9.17) is 28.9 Å². The maximum atomic E-state index is 12.9. The maximum Gasteiger partial charge on any atom is 0.152 e. The molecular weight excluding hydrogens is 599 g/mol. The lowest BCUT2D eigenvalue weighted by Crippen LogP contribution is -2.49. The molecule has 2 bridgehead atoms. The molecule has 2 saturated heterocycles. The van der Waals surface area contributed by atoms with Crippen molar-refractivity contribution < 1.29 is 4.79 Å². The highest BCUT2D eigenvalue weighted by molar-refractivity contribution is 6.36. The second-order valence-electron chi connectivity index (χ2n) is 13.7. The summed E-state index contributed by atoms with van der Waals surface area (Å²) < 4.78 is 2.39. The molecule has 7 heteroatoms. The molecule has 3 aliphatic rings. The monoisotopic (exact) mass is 642 g/mol. The first kappa shape index (κ1) is 31.0. The number of nitrogens with zero attached hydrogens (tertiary/aromatic N) is 3. The number of Topliss-reactive ketones (excluding diaryl/α,β-unsaturated/α-hetero) is 1. The molecular formula is C38H44Cl2N4O. The molecule has 0 spiro atoms. The van der Waals surface area contributed by atoms with Crippen LogP contribution in [0, 0.1) is 0 Å². The van der Waals surface area contributed by atoms with Crippen molar-refractivity contribution in [3.63, 3.8) is 0 Å². The SMILES string of the molecule is NC1(C(=O)CCCCn2cc(-c3ccccc3)c3cc(CN4CC5CC4CN5Cc4c(Cl)cccc4Cl)ccc32)CCCCC1. The molecule has 2 unspecified atom stereocenters. The molecule has 3 heterocycles. The number of fused-ring (bicyclic) bond motifs is 3. The van der Waals surface area contributed by atoms with E-state index in [-0.39, 0.29) is 5.78 Å². The van der Waals surface area contributed by atoms with E-state index in [0.717, 1.165) is 86.9 Å². The Kier molecular flexibility index (Phi) is 9.09. The number of aromatic nitrogens is 1. The Morgan fingerprint density at radius 3 is 2.27 bits per heavy atom. The molecule has 2 atom stereocenters. The zero-order valence-electron chi connectivity index (χ0n) is 26.1. The molecule has 0 radical (unpaired) electrons. The van der Waals surface area contributed by atoms with Crippen molar-refractivity contribution >= 4 is 39.9 Å². The number of carbonyl (C=O) groups is 1. The summed E-state index contributed by atoms with van der Waals surface area (Å²) in [5, 5.41) is 2.82. The highest BCUT2D eigenvalue weighted by Crippen LogP contribution is 2.37. The number of benzene rings is 3. The zero-order chi connectivity index (χ0) is 31.0. The average molecular weight is 644 g/mol. The van der Waals surface area contributed by atoms with Crippen LogP contribution in [0.15, 0.2) is 72.9 Å². The number of carbonyl (C=O) groups excluding carboxylic acids is 1. The summed E-state index contributed by atoms with van der Waals surface area (Å²) in [7, 11) is 0. The quantitative estimate of drug-likeness (QED) is 0.167. The number of unbranched alkanes of at least 4 members (excludes halogenated alkanes) is 1. The van der Waals surface area contributed by atoms with Crippen molar-refractivity contribution in [2.75, 3.05) is 13.1 Å². The Hall–Kier alpha value is -2.67. The topological polar surface area (TPSA) is 54.5 Å². The van der Waals surface area contributed by atoms with Gasteiger partial charge in [0.2, 0.25) is 0 Å². The Balaban J connectivity index is 1.03. The summed E-state index contributed by atoms with van der Waals surface area (Å²) in [5.41, 5.74) is 12.1. The molecule has 0 amide bonds. The minimum Gasteiger partial charge on any atom is -0.347 e. The van der Waals surface area contributed by atoms with Gasteiger partial charge in [0.1, 0.15) is 0 Å². The van der Waals surface area contributed by atoms with Crippen molar-refractivity contribution in [3.8, 4) is 11.1 Å². The van der Waals surface area contributed by atoms with Crippen LogP contribution >= 0.6 is 23.2 Å². The number of hydrogen-bond donors (Lipinski definition) is 1. The second-order valence-corrected chi connectivity index (χ2v) is 14.5. The van der Waals surface area contributed by atoms with Gasteiger partial charge in [-0.2, -0.15) is 0 Å². The summed E-state index contributed by atoms with van der Waals surface area (Å²) in [4.78, 5) is 18.2. The largest absolute Gasteiger partial charge is 0.347 e. The van der Waals surface area contributed by atoms with Gasteiger partial charge in [-0.3, -0.25) is 14.6 Å². The normalized spacial score (nSPS) is 21.6. The van der Waals surface area contributed by atoms with Gasteiger partial charge in [0.25, 0.3) is 0 Å². The van der Waals surface area contributed by atoms with Crippen LogP contribution in [-0.4, -0.2) is 50.9 Å². The molecule has 2 aliphatic heterocycles. The van der Waals surface area contributed by atoms with Gasteiger partial charge < -0.3 is 10.3 Å². The van der Waals surface area contributed by atoms with Crippen molar-refractivity contribution in [1.82, 2.24) is 14.4 Å². The first-order valence-corrected chi connectivity index (χ1v) is 17.5. The van der Waals surface area contributed by atoms with Crippen molar-refractivity contribution in [3.05, 3.63) is 94.1 Å². The van der Waals surface area contributed by atoms with Crippen LogP contribution in [0.5, 0.6) is 0 Å². The highest BCUT2D eigenvalue weighted by atomic mass is 35.5. The molecule has 4 aromatic rings. The summed E-state index contributed by atoms with van der Waals surface area (Å²) in [5.74, 6) is 0.264. The summed E-state index contributed by atoms with van der Waals surface area (Å²) in [6.07, 6.45) is 11.0. The molecule has 7 rings (SSSR count). The van der Waals surface area contributed by atoms with E-state index in [1.807, 2.05) is 18.2 Å². The van der Waals surface area contributed by atoms with Crippen LogP contribution in [0.1, 0.15) is 68.9 Å². The second kappa shape index (κ2) is 13.2. The third kappa shape index (κ3) is 6.48. The van der Waals surface area contributed by atoms with Gasteiger partial charge >= 0.3 is 0 Å². The van der Waals surface area contributed by atoms with Crippen molar-refractivity contribution in [1.29, 1.82) is 0 Å². The Morgan fingerprint density at radius 1 is 0.844 bits per heavy atom. The molecule has 1 aromatic heterocycles. The molecule has 2 N–H and O–H groups in total. The maximum absolute atomic E-state index is 12.9. The minimum atomic E-state index is -0.578. The Bertz CT molecular complexity index is 1640. The van der Waals surface area contributed by atoms with E-state index in [0.29, 0.717) is 18.5 Å². The predicted molar refractivity (Wildman–Crippen MR) is 186 cm³/mol. The van der Waals surface area contributed by atoms with E-state index < -0.39 is 5.54 Å². The summed E-state index contributed by atoms with van der Waals surface area (Å²) in [6, 6.07) is 24.6. The number of hydrogen-bond acceptors (Lipinski definition) is 4. The smallest absolute Gasteiger partial charge is 0.152 e. The van der Waals surface area contributed by atoms with E-state index in [1.165, 1.54) is 40.4 Å². The van der Waals surface area contributed by atoms with Crippen LogP contribution < -0.4 is 5.73 Å². The number of halogens is 2. The first-order valence-electron chi connectivity index (χ1n) is 16.8. The number of ketones is 1. The summed E-state index contributed by atoms with van der Waals surface area (Å²) in [6.45, 7) is 4.79. The van der Waals surface area contributed by atoms with Gasteiger partial charge in [-0.25, -0.2) is 0 Å². The van der Waals surface area contributed by atoms with Gasteiger partial charge in [0.15, 0.2) is 5.78 Å². The van der Waals surface area contributed by atoms with Crippen LogP contribution in [0.2, 0.25) is 10.0 Å². The van der Waals surface area contributed by atoms with Gasteiger partial charge in [0.05, 0.1) is 5.54 Å². The lowest BCUT2D eigenvalue weighted by atomic mass is 9.78. The Labute approximate surface area is 277 Å². The van der Waals surface area contributed by atoms with Crippen LogP contribution in [-0.2, 0) is 24.4 Å². The Morgan fingerprint density at radius 2 is 1.56 bits per heavy atom. The van der Waals surface area contributed by atoms with Crippen LogP contribution in [0.4, 0.5) is 0 Å². The molecule has 3 fully saturated rings. The first-order chi connectivity index (χ1) is 21.9. The van der Waals surface area contributed by atoms with Crippen molar-refractivity contribution in [2.45, 2.75) is 95.0 Å². The average Bonchev–Trinajstić information content (AvgIpc) is 3.74. The number of nitrogens with two attached hydrogens (primary N) is 1. The zero-order valence-corrected chi connectivity index (χ0v) is 27.6. The molecule has 3 aromatic carbocycles. The van der Waals surface area contributed by atoms with Gasteiger partial charge in [0, 0.05) is 89.5 Å². The van der Waals surface area contributed by atoms with Crippen LogP contribution in [0.3, 0.4) is 0 Å². The minimum absolute atomic E-state index is 0.264. The number of aryl methyl sites for hydroxylation is 1. The van der Waals surface area contributed by atoms with E-state index >= 15 is 0 Å². The van der Waals surface area contributed by atoms with Crippen LogP contribution in [0.25, 0.3) is 22.0 Å². The highest BCUT2D eigenvalue weighted by Gasteiger charge is 2.43. The van der Waals surface area contributed by atoms with E-state index in [1.54, 1.807) is 0 Å². The van der Waals surface area contributed by atoms with Gasteiger partial charge in [-0.15, -0.1) is 0 Å². The molecule has 5 nitrogen and oxygen atoms in total. The van der Waals surface area contributed by atoms with E-state index in [9.17, 15) is 4.79 Å². The fraction of sp³-hybridized carbons (Fsp3) is 0.447. The molecule has 45 heavy (non-hydrogen) atoms. The van der Waals surface area contributed by atoms with Crippen molar-refractivity contribution in [2.24, 2.45) is 5.73 Å². The predicted octanol–water partition coefficient (Wildman–Crippen LogP) is 8.47. The molecule has 1 saturated carbocycles. The third-order valence-corrected chi connectivity index (χ3v) is 11.4. The molecule has 1 aliphatic carbocycles. The lowest BCUT2D eigenvalue weighted by molar-refractivity contribution is -0.125. The third-order valence-electron chi connectivity index (χ3n) is 10.7. The standard InChI is InChI=1S/C38H44Cl2N4O/c39-34-12-9-13-35(40)33(34)26-44-24-29-21-30(44)23-43(29)22-27-15-16-36-31(20-27)32(28-10-3-1-4-11-28)25-42(36)19-8-5-14-37(45)38(41)17-6-2-7-18-38/h1,3-4,9-13,15-16,20,25,29-30H,2,5-8,14,17-19,21-24,26,41H2. The molecule has 236 valence electrons. The fourth-order valence-electron chi connectivity index (χ4n) is 8.09. The lowest BCUT2D eigenvalue weighted by Gasteiger charge is -2.34. The number of rotatable bonds is 11.